The molecule has 2 N–H and O–H groups in total. The molecule has 0 spiro atoms. The number of H-pyrrole nitrogens is 1. The number of ether oxygens (including phenoxy) is 1. The van der Waals surface area contributed by atoms with Crippen LogP contribution in [-0.2, 0) is 4.74 Å². The maximum Gasteiger partial charge on any atom is 0.335 e. The molecule has 1 fully saturated rings. The first kappa shape index (κ1) is 12.9. The van der Waals surface area contributed by atoms with Crippen molar-refractivity contribution >= 4 is 17.0 Å². The Morgan fingerprint density at radius 2 is 2.25 bits per heavy atom. The van der Waals surface area contributed by atoms with Crippen LogP contribution in [0.5, 0.6) is 0 Å². The van der Waals surface area contributed by atoms with Gasteiger partial charge in [-0.15, -0.1) is 0 Å². The van der Waals surface area contributed by atoms with E-state index in [0.717, 1.165) is 18.4 Å². The zero-order valence-corrected chi connectivity index (χ0v) is 11.1. The number of carboxylic acid groups (broad SMARTS) is 1. The van der Waals surface area contributed by atoms with Gasteiger partial charge in [-0.05, 0) is 38.0 Å². The second kappa shape index (κ2) is 4.79. The lowest BCUT2D eigenvalue weighted by atomic mass is 9.89. The van der Waals surface area contributed by atoms with Gasteiger partial charge in [0.05, 0.1) is 22.7 Å². The van der Waals surface area contributed by atoms with Gasteiger partial charge in [0.2, 0.25) is 0 Å². The number of aromatic amines is 1. The van der Waals surface area contributed by atoms with Gasteiger partial charge in [0.15, 0.2) is 0 Å². The molecule has 0 radical (unpaired) electrons. The highest BCUT2D eigenvalue weighted by atomic mass is 16.5. The quantitative estimate of drug-likeness (QED) is 0.891. The lowest BCUT2D eigenvalue weighted by Gasteiger charge is -2.35. The highest BCUT2D eigenvalue weighted by Crippen LogP contribution is 2.35. The van der Waals surface area contributed by atoms with E-state index < -0.39 is 5.97 Å². The van der Waals surface area contributed by atoms with Crippen molar-refractivity contribution < 1.29 is 14.6 Å². The SMILES string of the molecule is CCOC1CC(n2c(=O)[nH]c3cc(C(=O)O)ccc32)C1. The van der Waals surface area contributed by atoms with Gasteiger partial charge in [-0.25, -0.2) is 9.59 Å². The molecule has 0 bridgehead atoms. The largest absolute Gasteiger partial charge is 0.478 e. The number of benzene rings is 1. The van der Waals surface area contributed by atoms with E-state index in [-0.39, 0.29) is 23.4 Å². The summed E-state index contributed by atoms with van der Waals surface area (Å²) in [7, 11) is 0. The number of carbonyl (C=O) groups is 1. The van der Waals surface area contributed by atoms with Gasteiger partial charge in [-0.3, -0.25) is 4.57 Å². The fourth-order valence-electron chi connectivity index (χ4n) is 2.75. The average molecular weight is 276 g/mol. The third kappa shape index (κ3) is 2.02. The van der Waals surface area contributed by atoms with Crippen LogP contribution in [0.15, 0.2) is 23.0 Å². The molecule has 0 unspecified atom stereocenters. The number of hydrogen-bond acceptors (Lipinski definition) is 3. The van der Waals surface area contributed by atoms with Crippen molar-refractivity contribution in [1.82, 2.24) is 9.55 Å². The number of aromatic carboxylic acids is 1. The van der Waals surface area contributed by atoms with E-state index in [1.54, 1.807) is 10.6 Å². The molecule has 0 atom stereocenters. The van der Waals surface area contributed by atoms with Crippen LogP contribution in [0, 0.1) is 0 Å². The lowest BCUT2D eigenvalue weighted by Crippen LogP contribution is -2.37. The molecule has 1 heterocycles. The van der Waals surface area contributed by atoms with Crippen LogP contribution in [-0.4, -0.2) is 33.3 Å². The Morgan fingerprint density at radius 3 is 2.90 bits per heavy atom. The topological polar surface area (TPSA) is 84.3 Å². The first-order valence-corrected chi connectivity index (χ1v) is 6.69. The lowest BCUT2D eigenvalue weighted by molar-refractivity contribution is -0.0194. The Labute approximate surface area is 115 Å². The number of nitrogens with one attached hydrogen (secondary N) is 1. The van der Waals surface area contributed by atoms with E-state index in [9.17, 15) is 9.59 Å². The van der Waals surface area contributed by atoms with Crippen molar-refractivity contribution in [3.05, 3.63) is 34.2 Å². The molecular formula is C14H16N2O4. The molecule has 3 rings (SSSR count). The summed E-state index contributed by atoms with van der Waals surface area (Å²) in [6.45, 7) is 2.64. The number of aromatic nitrogens is 2. The summed E-state index contributed by atoms with van der Waals surface area (Å²) in [5.41, 5.74) is 1.30. The predicted molar refractivity (Wildman–Crippen MR) is 73.2 cm³/mol. The third-order valence-electron chi connectivity index (χ3n) is 3.80. The van der Waals surface area contributed by atoms with Gasteiger partial charge < -0.3 is 14.8 Å². The molecule has 0 saturated heterocycles. The Balaban J connectivity index is 1.94. The number of carboxylic acids is 1. The summed E-state index contributed by atoms with van der Waals surface area (Å²) in [4.78, 5) is 25.7. The van der Waals surface area contributed by atoms with E-state index >= 15 is 0 Å². The Bertz CT molecular complexity index is 710. The molecule has 1 aromatic heterocycles. The van der Waals surface area contributed by atoms with Crippen LogP contribution in [0.4, 0.5) is 0 Å². The van der Waals surface area contributed by atoms with Crippen molar-refractivity contribution in [2.24, 2.45) is 0 Å². The predicted octanol–water partition coefficient (Wildman–Crippen LogP) is 1.77. The van der Waals surface area contributed by atoms with E-state index in [1.165, 1.54) is 12.1 Å². The van der Waals surface area contributed by atoms with Crippen molar-refractivity contribution in [3.8, 4) is 0 Å². The number of fused-ring (bicyclic) bond motifs is 1. The maximum atomic E-state index is 12.0. The molecule has 0 aliphatic heterocycles. The molecule has 1 aliphatic rings. The number of nitrogens with zero attached hydrogens (tertiary/aromatic N) is 1. The molecule has 20 heavy (non-hydrogen) atoms. The zero-order valence-electron chi connectivity index (χ0n) is 11.1. The summed E-state index contributed by atoms with van der Waals surface area (Å²) < 4.78 is 7.21. The molecule has 1 saturated carbocycles. The van der Waals surface area contributed by atoms with Crippen LogP contribution >= 0.6 is 0 Å². The summed E-state index contributed by atoms with van der Waals surface area (Å²) >= 11 is 0. The molecular weight excluding hydrogens is 260 g/mol. The molecule has 1 aliphatic carbocycles. The van der Waals surface area contributed by atoms with Gasteiger partial charge in [-0.2, -0.15) is 0 Å². The van der Waals surface area contributed by atoms with E-state index in [2.05, 4.69) is 4.98 Å². The zero-order chi connectivity index (χ0) is 14.3. The summed E-state index contributed by atoms with van der Waals surface area (Å²) in [5, 5.41) is 8.97. The van der Waals surface area contributed by atoms with E-state index in [0.29, 0.717) is 12.1 Å². The first-order chi connectivity index (χ1) is 9.60. The van der Waals surface area contributed by atoms with Crippen LogP contribution in [0.25, 0.3) is 11.0 Å². The second-order valence-corrected chi connectivity index (χ2v) is 5.04. The van der Waals surface area contributed by atoms with Crippen LogP contribution in [0.1, 0.15) is 36.2 Å². The van der Waals surface area contributed by atoms with Gasteiger partial charge >= 0.3 is 11.7 Å². The third-order valence-corrected chi connectivity index (χ3v) is 3.80. The number of rotatable bonds is 4. The minimum Gasteiger partial charge on any atom is -0.478 e. The molecule has 6 heteroatoms. The first-order valence-electron chi connectivity index (χ1n) is 6.69. The Hall–Kier alpha value is -2.08. The highest BCUT2D eigenvalue weighted by molar-refractivity contribution is 5.92. The fourth-order valence-corrected chi connectivity index (χ4v) is 2.75. The fraction of sp³-hybridized carbons (Fsp3) is 0.429. The van der Waals surface area contributed by atoms with Crippen molar-refractivity contribution in [2.75, 3.05) is 6.61 Å². The van der Waals surface area contributed by atoms with Crippen LogP contribution < -0.4 is 5.69 Å². The summed E-state index contributed by atoms with van der Waals surface area (Å²) in [6, 6.07) is 4.83. The van der Waals surface area contributed by atoms with E-state index in [1.807, 2.05) is 6.92 Å². The van der Waals surface area contributed by atoms with Gasteiger partial charge in [-0.1, -0.05) is 0 Å². The number of imidazole rings is 1. The Morgan fingerprint density at radius 1 is 1.50 bits per heavy atom. The Kier molecular flexibility index (Phi) is 3.10. The van der Waals surface area contributed by atoms with Crippen molar-refractivity contribution in [2.45, 2.75) is 31.9 Å². The highest BCUT2D eigenvalue weighted by Gasteiger charge is 2.33. The summed E-state index contributed by atoms with van der Waals surface area (Å²) in [6.07, 6.45) is 1.86. The molecule has 6 nitrogen and oxygen atoms in total. The normalized spacial score (nSPS) is 21.9. The average Bonchev–Trinajstić information content (AvgIpc) is 2.68. The minimum atomic E-state index is -0.999. The molecule has 2 aromatic rings. The van der Waals surface area contributed by atoms with Crippen molar-refractivity contribution in [1.29, 1.82) is 0 Å². The number of hydrogen-bond donors (Lipinski definition) is 2. The van der Waals surface area contributed by atoms with E-state index in [4.69, 9.17) is 9.84 Å². The molecule has 0 amide bonds. The van der Waals surface area contributed by atoms with Gasteiger partial charge in [0.25, 0.3) is 0 Å². The second-order valence-electron chi connectivity index (χ2n) is 5.04. The minimum absolute atomic E-state index is 0.128. The standard InChI is InChI=1S/C14H16N2O4/c1-2-20-10-6-9(7-10)16-12-4-3-8(13(17)18)5-11(12)15-14(16)19/h3-5,9-10H,2,6-7H2,1H3,(H,15,19)(H,17,18). The van der Waals surface area contributed by atoms with Gasteiger partial charge in [0, 0.05) is 12.6 Å². The molecule has 106 valence electrons. The monoisotopic (exact) mass is 276 g/mol. The maximum absolute atomic E-state index is 12.0. The van der Waals surface area contributed by atoms with Crippen LogP contribution in [0.2, 0.25) is 0 Å². The molecule has 1 aromatic carbocycles. The van der Waals surface area contributed by atoms with Crippen LogP contribution in [0.3, 0.4) is 0 Å². The smallest absolute Gasteiger partial charge is 0.335 e. The van der Waals surface area contributed by atoms with Gasteiger partial charge in [0.1, 0.15) is 0 Å². The van der Waals surface area contributed by atoms with Crippen molar-refractivity contribution in [3.63, 3.8) is 0 Å². The summed E-state index contributed by atoms with van der Waals surface area (Å²) in [5.74, 6) is -0.999.